The van der Waals surface area contributed by atoms with E-state index in [2.05, 4.69) is 4.90 Å². The van der Waals surface area contributed by atoms with E-state index in [9.17, 15) is 9.59 Å². The van der Waals surface area contributed by atoms with Gasteiger partial charge >= 0.3 is 0 Å². The van der Waals surface area contributed by atoms with Gasteiger partial charge in [0.05, 0.1) is 6.42 Å². The average Bonchev–Trinajstić information content (AvgIpc) is 2.71. The van der Waals surface area contributed by atoms with Crippen molar-refractivity contribution in [1.82, 2.24) is 9.80 Å². The number of piperazine rings is 1. The van der Waals surface area contributed by atoms with Crippen molar-refractivity contribution < 1.29 is 9.59 Å². The van der Waals surface area contributed by atoms with Crippen molar-refractivity contribution in [2.45, 2.75) is 19.3 Å². The Balaban J connectivity index is 1.36. The Bertz CT molecular complexity index is 754. The predicted octanol–water partition coefficient (Wildman–Crippen LogP) is 3.69. The van der Waals surface area contributed by atoms with Crippen LogP contribution in [0.5, 0.6) is 0 Å². The molecule has 5 heteroatoms. The van der Waals surface area contributed by atoms with E-state index in [0.717, 1.165) is 50.3 Å². The van der Waals surface area contributed by atoms with Crippen molar-refractivity contribution >= 4 is 23.3 Å². The van der Waals surface area contributed by atoms with Crippen molar-refractivity contribution in [1.29, 1.82) is 0 Å². The van der Waals surface area contributed by atoms with Crippen LogP contribution in [-0.2, 0) is 11.2 Å². The third-order valence-electron chi connectivity index (χ3n) is 4.97. The molecule has 142 valence electrons. The lowest BCUT2D eigenvalue weighted by atomic mass is 10.1. The molecule has 1 fully saturated rings. The number of carbonyl (C=O) groups excluding carboxylic acids is 2. The lowest BCUT2D eigenvalue weighted by Crippen LogP contribution is -2.49. The Kier molecular flexibility index (Phi) is 7.02. The van der Waals surface area contributed by atoms with Crippen molar-refractivity contribution in [3.63, 3.8) is 0 Å². The third kappa shape index (κ3) is 5.91. The molecule has 0 aliphatic carbocycles. The number of amides is 1. The summed E-state index contributed by atoms with van der Waals surface area (Å²) in [6.07, 6.45) is 1.84. The quantitative estimate of drug-likeness (QED) is 0.683. The highest BCUT2D eigenvalue weighted by Crippen LogP contribution is 2.12. The van der Waals surface area contributed by atoms with Crippen molar-refractivity contribution in [3.05, 3.63) is 70.7 Å². The summed E-state index contributed by atoms with van der Waals surface area (Å²) in [6, 6.07) is 16.9. The van der Waals surface area contributed by atoms with E-state index in [-0.39, 0.29) is 11.7 Å². The molecule has 4 nitrogen and oxygen atoms in total. The molecule has 0 bridgehead atoms. The van der Waals surface area contributed by atoms with Crippen LogP contribution >= 0.6 is 11.6 Å². The van der Waals surface area contributed by atoms with Crippen LogP contribution in [-0.4, -0.2) is 54.2 Å². The molecule has 0 spiro atoms. The van der Waals surface area contributed by atoms with Gasteiger partial charge in [0, 0.05) is 43.2 Å². The van der Waals surface area contributed by atoms with E-state index in [1.807, 2.05) is 59.5 Å². The topological polar surface area (TPSA) is 40.6 Å². The summed E-state index contributed by atoms with van der Waals surface area (Å²) in [5, 5.41) is 0.686. The summed E-state index contributed by atoms with van der Waals surface area (Å²) in [5.41, 5.74) is 1.78. The van der Waals surface area contributed by atoms with Crippen LogP contribution in [0.15, 0.2) is 54.6 Å². The molecule has 3 rings (SSSR count). The molecule has 0 N–H and O–H groups in total. The lowest BCUT2D eigenvalue weighted by molar-refractivity contribution is -0.132. The van der Waals surface area contributed by atoms with Gasteiger partial charge in [-0.25, -0.2) is 0 Å². The number of benzene rings is 2. The first-order chi connectivity index (χ1) is 13.1. The van der Waals surface area contributed by atoms with E-state index >= 15 is 0 Å². The van der Waals surface area contributed by atoms with E-state index < -0.39 is 0 Å². The van der Waals surface area contributed by atoms with Crippen LogP contribution in [0.1, 0.15) is 28.8 Å². The van der Waals surface area contributed by atoms with Crippen LogP contribution in [0.2, 0.25) is 5.02 Å². The van der Waals surface area contributed by atoms with Crippen LogP contribution in [0.25, 0.3) is 0 Å². The molecule has 1 aliphatic rings. The van der Waals surface area contributed by atoms with Gasteiger partial charge in [0.25, 0.3) is 0 Å². The first kappa shape index (κ1) is 19.6. The lowest BCUT2D eigenvalue weighted by Gasteiger charge is -2.34. The van der Waals surface area contributed by atoms with E-state index in [4.69, 9.17) is 11.6 Å². The number of Topliss-reactive ketones (excluding diaryl/α,β-unsaturated/α-hetero) is 1. The molecule has 0 atom stereocenters. The largest absolute Gasteiger partial charge is 0.340 e. The molecule has 0 radical (unpaired) electrons. The predicted molar refractivity (Wildman–Crippen MR) is 108 cm³/mol. The minimum atomic E-state index is 0.163. The van der Waals surface area contributed by atoms with Gasteiger partial charge in [-0.15, -0.1) is 0 Å². The van der Waals surface area contributed by atoms with E-state index in [1.54, 1.807) is 0 Å². The minimum absolute atomic E-state index is 0.163. The van der Waals surface area contributed by atoms with Crippen LogP contribution in [0.4, 0.5) is 0 Å². The standard InChI is InChI=1S/C22H25ClN2O2/c23-20-10-8-18(9-11-20)17-22(27)25-15-13-24(14-16-25)12-4-7-21(26)19-5-2-1-3-6-19/h1-3,5-6,8-11H,4,7,12-17H2. The highest BCUT2D eigenvalue weighted by Gasteiger charge is 2.21. The van der Waals surface area contributed by atoms with Gasteiger partial charge in [0.15, 0.2) is 5.78 Å². The second-order valence-corrected chi connectivity index (χ2v) is 7.35. The first-order valence-electron chi connectivity index (χ1n) is 9.44. The normalized spacial score (nSPS) is 14.9. The average molecular weight is 385 g/mol. The van der Waals surface area contributed by atoms with Gasteiger partial charge in [0.2, 0.25) is 5.91 Å². The van der Waals surface area contributed by atoms with Gasteiger partial charge in [0.1, 0.15) is 0 Å². The summed E-state index contributed by atoms with van der Waals surface area (Å²) < 4.78 is 0. The number of rotatable bonds is 7. The summed E-state index contributed by atoms with van der Waals surface area (Å²) >= 11 is 5.89. The van der Waals surface area contributed by atoms with Crippen LogP contribution in [0.3, 0.4) is 0 Å². The number of hydrogen-bond acceptors (Lipinski definition) is 3. The Labute approximate surface area is 165 Å². The van der Waals surface area contributed by atoms with Crippen molar-refractivity contribution in [2.24, 2.45) is 0 Å². The van der Waals surface area contributed by atoms with Crippen molar-refractivity contribution in [3.8, 4) is 0 Å². The van der Waals surface area contributed by atoms with E-state index in [1.165, 1.54) is 0 Å². The fraction of sp³-hybridized carbons (Fsp3) is 0.364. The summed E-state index contributed by atoms with van der Waals surface area (Å²) in [6.45, 7) is 4.13. The molecule has 1 heterocycles. The molecule has 1 aliphatic heterocycles. The zero-order chi connectivity index (χ0) is 19.1. The molecule has 1 saturated heterocycles. The molecule has 2 aromatic rings. The number of hydrogen-bond donors (Lipinski definition) is 0. The Morgan fingerprint density at radius 1 is 0.889 bits per heavy atom. The molecular formula is C22H25ClN2O2. The van der Waals surface area contributed by atoms with Gasteiger partial charge in [-0.05, 0) is 30.7 Å². The summed E-state index contributed by atoms with van der Waals surface area (Å²) in [4.78, 5) is 28.9. The molecular weight excluding hydrogens is 360 g/mol. The zero-order valence-electron chi connectivity index (χ0n) is 15.4. The summed E-state index contributed by atoms with van der Waals surface area (Å²) in [5.74, 6) is 0.364. The molecule has 1 amide bonds. The third-order valence-corrected chi connectivity index (χ3v) is 5.22. The van der Waals surface area contributed by atoms with Crippen LogP contribution in [0, 0.1) is 0 Å². The number of ketones is 1. The zero-order valence-corrected chi connectivity index (χ0v) is 16.2. The molecule has 0 saturated carbocycles. The highest BCUT2D eigenvalue weighted by molar-refractivity contribution is 6.30. The maximum absolute atomic E-state index is 12.4. The second kappa shape index (κ2) is 9.67. The first-order valence-corrected chi connectivity index (χ1v) is 9.82. The Morgan fingerprint density at radius 2 is 1.56 bits per heavy atom. The smallest absolute Gasteiger partial charge is 0.227 e. The number of carbonyl (C=O) groups is 2. The van der Waals surface area contributed by atoms with Crippen LogP contribution < -0.4 is 0 Å². The monoisotopic (exact) mass is 384 g/mol. The maximum atomic E-state index is 12.4. The Hall–Kier alpha value is -2.17. The molecule has 27 heavy (non-hydrogen) atoms. The fourth-order valence-corrected chi connectivity index (χ4v) is 3.47. The highest BCUT2D eigenvalue weighted by atomic mass is 35.5. The van der Waals surface area contributed by atoms with Gasteiger partial charge in [-0.3, -0.25) is 14.5 Å². The summed E-state index contributed by atoms with van der Waals surface area (Å²) in [7, 11) is 0. The SMILES string of the molecule is O=C(CCCN1CCN(C(=O)Cc2ccc(Cl)cc2)CC1)c1ccccc1. The molecule has 0 unspecified atom stereocenters. The number of halogens is 1. The second-order valence-electron chi connectivity index (χ2n) is 6.92. The maximum Gasteiger partial charge on any atom is 0.227 e. The van der Waals surface area contributed by atoms with Crippen molar-refractivity contribution in [2.75, 3.05) is 32.7 Å². The van der Waals surface area contributed by atoms with Gasteiger partial charge < -0.3 is 4.90 Å². The molecule has 2 aromatic carbocycles. The molecule has 0 aromatic heterocycles. The fourth-order valence-electron chi connectivity index (χ4n) is 3.34. The van der Waals surface area contributed by atoms with Gasteiger partial charge in [-0.1, -0.05) is 54.1 Å². The Morgan fingerprint density at radius 3 is 2.22 bits per heavy atom. The van der Waals surface area contributed by atoms with E-state index in [0.29, 0.717) is 17.9 Å². The number of nitrogens with zero attached hydrogens (tertiary/aromatic N) is 2. The minimum Gasteiger partial charge on any atom is -0.340 e. The van der Waals surface area contributed by atoms with Gasteiger partial charge in [-0.2, -0.15) is 0 Å².